The van der Waals surface area contributed by atoms with E-state index in [1.54, 1.807) is 0 Å². The summed E-state index contributed by atoms with van der Waals surface area (Å²) in [6.45, 7) is -0.334. The second-order valence-electron chi connectivity index (χ2n) is 7.72. The number of hydrogen-bond donors (Lipinski definition) is 1. The van der Waals surface area contributed by atoms with Gasteiger partial charge in [-0.25, -0.2) is 0 Å². The highest BCUT2D eigenvalue weighted by molar-refractivity contribution is 6.48. The lowest BCUT2D eigenvalue weighted by Gasteiger charge is -2.15. The van der Waals surface area contributed by atoms with Gasteiger partial charge < -0.3 is 14.6 Å². The Hall–Kier alpha value is -3.20. The molecule has 1 N–H and O–H groups in total. The largest absolute Gasteiger partial charge is 0.497 e. The number of rotatable bonds is 6. The summed E-state index contributed by atoms with van der Waals surface area (Å²) in [5.74, 6) is -2.39. The number of ether oxygens (including phenoxy) is 1. The zero-order valence-corrected chi connectivity index (χ0v) is 20.7. The number of nitrogens with one attached hydrogen (secondary N) is 1. The first kappa shape index (κ1) is 25.9. The van der Waals surface area contributed by atoms with Crippen LogP contribution in [0.3, 0.4) is 0 Å². The monoisotopic (exact) mass is 554 g/mol. The number of benzene rings is 3. The molecule has 0 bridgehead atoms. The molecule has 5 nitrogen and oxygen atoms in total. The number of carbonyl (C=O) groups excluding carboxylic acids is 2. The molecular formula is C25H16Cl3F3N2O3. The Morgan fingerprint density at radius 3 is 2.22 bits per heavy atom. The van der Waals surface area contributed by atoms with E-state index >= 15 is 0 Å². The Bertz CT molecular complexity index is 1480. The van der Waals surface area contributed by atoms with Crippen LogP contribution in [-0.4, -0.2) is 23.4 Å². The zero-order valence-electron chi connectivity index (χ0n) is 18.4. The Morgan fingerprint density at radius 1 is 0.944 bits per heavy atom. The van der Waals surface area contributed by atoms with Gasteiger partial charge in [0.2, 0.25) is 0 Å². The number of nitrogens with zero attached hydrogens (tertiary/aromatic N) is 1. The minimum absolute atomic E-state index is 0.0665. The molecule has 0 atom stereocenters. The van der Waals surface area contributed by atoms with Gasteiger partial charge in [-0.1, -0.05) is 40.9 Å². The summed E-state index contributed by atoms with van der Waals surface area (Å²) in [6, 6.07) is 14.3. The topological polar surface area (TPSA) is 60.3 Å². The number of aromatic nitrogens is 1. The normalized spacial score (nSPS) is 11.5. The average Bonchev–Trinajstić information content (AvgIpc) is 3.15. The predicted octanol–water partition coefficient (Wildman–Crippen LogP) is 7.50. The van der Waals surface area contributed by atoms with Crippen molar-refractivity contribution in [2.24, 2.45) is 0 Å². The highest BCUT2D eigenvalue weighted by Crippen LogP contribution is 2.40. The maximum atomic E-state index is 14.5. The fourth-order valence-corrected chi connectivity index (χ4v) is 4.40. The molecule has 0 saturated carbocycles. The van der Waals surface area contributed by atoms with E-state index in [0.29, 0.717) is 15.6 Å². The number of halogens is 6. The maximum absolute atomic E-state index is 14.5. The molecule has 0 aliphatic carbocycles. The van der Waals surface area contributed by atoms with Gasteiger partial charge in [-0.05, 0) is 60.2 Å². The molecule has 0 fully saturated rings. The minimum atomic E-state index is -4.99. The molecule has 1 aromatic heterocycles. The Kier molecular flexibility index (Phi) is 7.22. The number of fused-ring (bicyclic) bond motifs is 1. The summed E-state index contributed by atoms with van der Waals surface area (Å²) in [5, 5.41) is 3.08. The van der Waals surface area contributed by atoms with Crippen molar-refractivity contribution in [2.75, 3.05) is 12.4 Å². The van der Waals surface area contributed by atoms with Crippen molar-refractivity contribution in [3.05, 3.63) is 92.6 Å². The number of amides is 1. The van der Waals surface area contributed by atoms with Crippen molar-refractivity contribution in [3.8, 4) is 5.75 Å². The second-order valence-corrected chi connectivity index (χ2v) is 9.00. The predicted molar refractivity (Wildman–Crippen MR) is 133 cm³/mol. The van der Waals surface area contributed by atoms with Gasteiger partial charge in [0.05, 0.1) is 12.7 Å². The summed E-state index contributed by atoms with van der Waals surface area (Å²) >= 11 is 18.0. The molecule has 0 unspecified atom stereocenters. The lowest BCUT2D eigenvalue weighted by Crippen LogP contribution is -2.26. The van der Waals surface area contributed by atoms with E-state index in [0.717, 1.165) is 4.57 Å². The molecule has 0 spiro atoms. The molecule has 186 valence electrons. The van der Waals surface area contributed by atoms with Crippen molar-refractivity contribution >= 4 is 63.1 Å². The number of anilines is 1. The van der Waals surface area contributed by atoms with Crippen molar-refractivity contribution in [1.29, 1.82) is 0 Å². The lowest BCUT2D eigenvalue weighted by molar-refractivity contribution is -0.143. The van der Waals surface area contributed by atoms with Crippen molar-refractivity contribution in [2.45, 2.75) is 12.7 Å². The first-order valence-electron chi connectivity index (χ1n) is 10.3. The third-order valence-electron chi connectivity index (χ3n) is 5.42. The van der Waals surface area contributed by atoms with E-state index < -0.39 is 29.1 Å². The van der Waals surface area contributed by atoms with Crippen LogP contribution < -0.4 is 10.1 Å². The molecule has 0 saturated heterocycles. The first-order chi connectivity index (χ1) is 17.0. The summed E-state index contributed by atoms with van der Waals surface area (Å²) in [6.07, 6.45) is -4.99. The smallest absolute Gasteiger partial charge is 0.432 e. The van der Waals surface area contributed by atoms with Gasteiger partial charge in [0.25, 0.3) is 11.7 Å². The van der Waals surface area contributed by atoms with Gasteiger partial charge in [0.15, 0.2) is 0 Å². The molecule has 0 radical (unpaired) electrons. The fraction of sp³-hybridized carbons (Fsp3) is 0.120. The van der Waals surface area contributed by atoms with Crippen LogP contribution in [0.4, 0.5) is 18.9 Å². The number of methoxy groups -OCH3 is 1. The molecule has 1 amide bonds. The molecule has 4 aromatic rings. The highest BCUT2D eigenvalue weighted by atomic mass is 35.5. The van der Waals surface area contributed by atoms with E-state index in [4.69, 9.17) is 39.5 Å². The van der Waals surface area contributed by atoms with E-state index in [1.165, 1.54) is 67.8 Å². The van der Waals surface area contributed by atoms with Gasteiger partial charge in [0.1, 0.15) is 11.4 Å². The zero-order chi connectivity index (χ0) is 26.2. The van der Waals surface area contributed by atoms with Crippen molar-refractivity contribution in [3.63, 3.8) is 0 Å². The Labute approximate surface area is 218 Å². The highest BCUT2D eigenvalue weighted by Gasteiger charge is 2.42. The third kappa shape index (κ3) is 5.16. The van der Waals surface area contributed by atoms with Crippen LogP contribution in [0.25, 0.3) is 10.9 Å². The molecule has 0 aliphatic rings. The summed E-state index contributed by atoms with van der Waals surface area (Å²) < 4.78 is 49.5. The van der Waals surface area contributed by atoms with E-state index in [9.17, 15) is 22.8 Å². The lowest BCUT2D eigenvalue weighted by atomic mass is 10.0. The Balaban J connectivity index is 1.90. The average molecular weight is 556 g/mol. The SMILES string of the molecule is COc1ccc2c(c1)c(C(=O)C(=O)Nc1ccc(Cl)cc1)c(C(F)(F)F)n2Cc1ccc(Cl)cc1Cl. The van der Waals surface area contributed by atoms with Crippen LogP contribution >= 0.6 is 34.8 Å². The van der Waals surface area contributed by atoms with Crippen LogP contribution in [0.2, 0.25) is 15.1 Å². The van der Waals surface area contributed by atoms with Crippen LogP contribution in [0.1, 0.15) is 21.6 Å². The summed E-state index contributed by atoms with van der Waals surface area (Å²) in [5.41, 5.74) is -1.48. The standard InChI is InChI=1S/C25H16Cl3F3N2O3/c1-36-17-8-9-20-18(11-17)21(22(34)24(35)32-16-6-4-14(26)5-7-16)23(25(29,30)31)33(20)12-13-2-3-15(27)10-19(13)28/h2-11H,12H2,1H3,(H,32,35). The van der Waals surface area contributed by atoms with Crippen molar-refractivity contribution in [1.82, 2.24) is 4.57 Å². The molecule has 4 rings (SSSR count). The summed E-state index contributed by atoms with van der Waals surface area (Å²) in [4.78, 5) is 26.0. The molecule has 1 heterocycles. The van der Waals surface area contributed by atoms with Crippen LogP contribution in [0.15, 0.2) is 60.7 Å². The van der Waals surface area contributed by atoms with Crippen LogP contribution in [-0.2, 0) is 17.5 Å². The number of ketones is 1. The van der Waals surface area contributed by atoms with Crippen LogP contribution in [0.5, 0.6) is 5.75 Å². The third-order valence-corrected chi connectivity index (χ3v) is 6.26. The van der Waals surface area contributed by atoms with Gasteiger partial charge in [-0.2, -0.15) is 13.2 Å². The van der Waals surface area contributed by atoms with Crippen LogP contribution in [0, 0.1) is 0 Å². The van der Waals surface area contributed by atoms with Gasteiger partial charge in [0, 0.05) is 38.2 Å². The first-order valence-corrected chi connectivity index (χ1v) is 11.5. The number of hydrogen-bond acceptors (Lipinski definition) is 3. The number of carbonyl (C=O) groups is 2. The molecule has 3 aromatic carbocycles. The van der Waals surface area contributed by atoms with Gasteiger partial charge >= 0.3 is 6.18 Å². The molecule has 0 aliphatic heterocycles. The van der Waals surface area contributed by atoms with E-state index in [2.05, 4.69) is 5.32 Å². The quantitative estimate of drug-likeness (QED) is 0.198. The summed E-state index contributed by atoms with van der Waals surface area (Å²) in [7, 11) is 1.34. The molecule has 11 heteroatoms. The number of alkyl halides is 3. The number of Topliss-reactive ketones (excluding diaryl/α,β-unsaturated/α-hetero) is 1. The van der Waals surface area contributed by atoms with E-state index in [1.807, 2.05) is 0 Å². The Morgan fingerprint density at radius 2 is 1.61 bits per heavy atom. The van der Waals surface area contributed by atoms with E-state index in [-0.39, 0.29) is 33.9 Å². The fourth-order valence-electron chi connectivity index (χ4n) is 3.80. The molecular weight excluding hydrogens is 540 g/mol. The second kappa shape index (κ2) is 10.0. The minimum Gasteiger partial charge on any atom is -0.497 e. The molecule has 36 heavy (non-hydrogen) atoms. The van der Waals surface area contributed by atoms with Gasteiger partial charge in [-0.15, -0.1) is 0 Å². The van der Waals surface area contributed by atoms with Gasteiger partial charge in [-0.3, -0.25) is 9.59 Å². The maximum Gasteiger partial charge on any atom is 0.432 e. The van der Waals surface area contributed by atoms with Crippen molar-refractivity contribution < 1.29 is 27.5 Å².